The fourth-order valence-corrected chi connectivity index (χ4v) is 8.95. The van der Waals surface area contributed by atoms with E-state index in [1.165, 1.54) is 32.4 Å². The number of aromatic hydroxyl groups is 1. The Bertz CT molecular complexity index is 1560. The smallest absolute Gasteiger partial charge is 0.308 e. The number of hydrogen-bond donors (Lipinski definition) is 1. The first kappa shape index (κ1) is 27.5. The number of amides is 2. The van der Waals surface area contributed by atoms with Crippen LogP contribution in [0.2, 0.25) is 0 Å². The van der Waals surface area contributed by atoms with Gasteiger partial charge in [0.25, 0.3) is 11.7 Å². The maximum atomic E-state index is 13.4. The number of hydrogen-bond acceptors (Lipinski definition) is 10. The van der Waals surface area contributed by atoms with E-state index in [-0.39, 0.29) is 35.7 Å². The van der Waals surface area contributed by atoms with Gasteiger partial charge in [0, 0.05) is 19.4 Å². The van der Waals surface area contributed by atoms with Crippen molar-refractivity contribution in [2.75, 3.05) is 13.2 Å². The lowest BCUT2D eigenvalue weighted by Gasteiger charge is -2.69. The number of phenolic OH excluding ortho intramolecular Hbond substituents is 1. The zero-order chi connectivity index (χ0) is 29.2. The summed E-state index contributed by atoms with van der Waals surface area (Å²) in [7, 11) is 0. The number of thiazole rings is 1. The van der Waals surface area contributed by atoms with Crippen LogP contribution in [0.5, 0.6) is 11.5 Å². The van der Waals surface area contributed by atoms with E-state index in [0.717, 1.165) is 41.9 Å². The number of phenols is 1. The largest absolute Gasteiger partial charge is 0.508 e. The van der Waals surface area contributed by atoms with Crippen LogP contribution < -0.4 is 4.74 Å². The summed E-state index contributed by atoms with van der Waals surface area (Å²) < 4.78 is 12.7. The van der Waals surface area contributed by atoms with Gasteiger partial charge in [0.1, 0.15) is 11.5 Å². The van der Waals surface area contributed by atoms with E-state index in [1.807, 2.05) is 6.07 Å². The third kappa shape index (κ3) is 4.24. The first-order valence-corrected chi connectivity index (χ1v) is 15.2. The second-order valence-electron chi connectivity index (χ2n) is 12.0. The molecule has 4 saturated carbocycles. The lowest BCUT2D eigenvalue weighted by molar-refractivity contribution is -0.648. The summed E-state index contributed by atoms with van der Waals surface area (Å²) in [5.41, 5.74) is 0.526. The van der Waals surface area contributed by atoms with Gasteiger partial charge >= 0.3 is 5.97 Å². The van der Waals surface area contributed by atoms with Gasteiger partial charge in [0.15, 0.2) is 10.6 Å². The molecule has 1 N–H and O–H groups in total. The van der Waals surface area contributed by atoms with Crippen LogP contribution in [-0.4, -0.2) is 51.5 Å². The lowest BCUT2D eigenvalue weighted by Crippen LogP contribution is -2.76. The highest BCUT2D eigenvalue weighted by molar-refractivity contribution is 7.20. The molecule has 5 aliphatic rings. The monoisotopic (exact) mass is 592 g/mol. The summed E-state index contributed by atoms with van der Waals surface area (Å²) in [6.07, 6.45) is 5.42. The van der Waals surface area contributed by atoms with Crippen molar-refractivity contribution in [2.24, 2.45) is 23.7 Å². The molecular weight excluding hydrogens is 560 g/mol. The Kier molecular flexibility index (Phi) is 6.61. The third-order valence-corrected chi connectivity index (χ3v) is 10.4. The fraction of sp³-hybridized carbons (Fsp3) is 0.484. The molecule has 4 bridgehead atoms. The van der Waals surface area contributed by atoms with Crippen molar-refractivity contribution in [1.82, 2.24) is 9.88 Å². The molecule has 220 valence electrons. The number of aromatic nitrogens is 1. The van der Waals surface area contributed by atoms with Gasteiger partial charge in [-0.05, 0) is 86.1 Å². The Balaban J connectivity index is 1.18. The van der Waals surface area contributed by atoms with Crippen molar-refractivity contribution >= 4 is 39.3 Å². The molecule has 10 nitrogen and oxygen atoms in total. The number of imide groups is 1. The number of rotatable bonds is 7. The molecule has 4 aliphatic carbocycles. The van der Waals surface area contributed by atoms with Gasteiger partial charge in [-0.1, -0.05) is 12.1 Å². The number of carbonyl (C=O) groups excluding carboxylic acids is 3. The molecule has 1 aliphatic heterocycles. The van der Waals surface area contributed by atoms with Crippen molar-refractivity contribution in [3.8, 4) is 11.5 Å². The Morgan fingerprint density at radius 2 is 1.76 bits per heavy atom. The molecule has 11 heteroatoms. The van der Waals surface area contributed by atoms with Gasteiger partial charge in [-0.25, -0.2) is 9.87 Å². The maximum absolute atomic E-state index is 13.4. The van der Waals surface area contributed by atoms with Gasteiger partial charge in [0.05, 0.1) is 23.4 Å². The molecule has 2 aromatic carbocycles. The topological polar surface area (TPSA) is 124 Å². The highest BCUT2D eigenvalue weighted by Gasteiger charge is 2.76. The second-order valence-corrected chi connectivity index (χ2v) is 13.0. The van der Waals surface area contributed by atoms with Crippen LogP contribution in [0, 0.1) is 23.7 Å². The van der Waals surface area contributed by atoms with Gasteiger partial charge in [-0.15, -0.1) is 11.3 Å². The Hall–Kier alpha value is -3.38. The van der Waals surface area contributed by atoms with Crippen molar-refractivity contribution in [3.05, 3.63) is 53.0 Å². The molecule has 1 aromatic heterocycles. The molecule has 1 saturated heterocycles. The number of esters is 1. The minimum atomic E-state index is -1.29. The molecule has 2 amide bonds. The SMILES string of the molecule is CC(=O)Oc1cccc([C@@]2(OCCN(C(C)=O)C(=O)c3nc4ccc(O)cc4s3)OOC23C2CC4CC(C2)CC3C4)c1. The quantitative estimate of drug-likeness (QED) is 0.231. The predicted molar refractivity (Wildman–Crippen MR) is 150 cm³/mol. The van der Waals surface area contributed by atoms with E-state index in [1.54, 1.807) is 24.3 Å². The lowest BCUT2D eigenvalue weighted by atomic mass is 9.47. The van der Waals surface area contributed by atoms with Crippen LogP contribution >= 0.6 is 11.3 Å². The first-order valence-electron chi connectivity index (χ1n) is 14.4. The van der Waals surface area contributed by atoms with Crippen molar-refractivity contribution in [2.45, 2.75) is 57.3 Å². The van der Waals surface area contributed by atoms with E-state index in [2.05, 4.69) is 4.98 Å². The highest BCUT2D eigenvalue weighted by atomic mass is 32.1. The summed E-state index contributed by atoms with van der Waals surface area (Å²) in [6, 6.07) is 11.8. The predicted octanol–water partition coefficient (Wildman–Crippen LogP) is 4.94. The number of ether oxygens (including phenoxy) is 2. The van der Waals surface area contributed by atoms with E-state index >= 15 is 0 Å². The summed E-state index contributed by atoms with van der Waals surface area (Å²) in [6.45, 7) is 2.65. The summed E-state index contributed by atoms with van der Waals surface area (Å²) in [5, 5.41) is 9.95. The van der Waals surface area contributed by atoms with Crippen molar-refractivity contribution < 1.29 is 38.7 Å². The van der Waals surface area contributed by atoms with Gasteiger partial charge in [-0.3, -0.25) is 19.3 Å². The van der Waals surface area contributed by atoms with E-state index in [4.69, 9.17) is 19.2 Å². The molecule has 1 spiro atoms. The van der Waals surface area contributed by atoms with Crippen LogP contribution in [0.3, 0.4) is 0 Å². The number of fused-ring (bicyclic) bond motifs is 1. The Morgan fingerprint density at radius 3 is 2.40 bits per heavy atom. The summed E-state index contributed by atoms with van der Waals surface area (Å²) >= 11 is 1.11. The Morgan fingerprint density at radius 1 is 1.02 bits per heavy atom. The van der Waals surface area contributed by atoms with Gasteiger partial charge < -0.3 is 14.6 Å². The number of carbonyl (C=O) groups is 3. The maximum Gasteiger partial charge on any atom is 0.308 e. The molecule has 1 atom stereocenters. The van der Waals surface area contributed by atoms with Gasteiger partial charge in [-0.2, -0.15) is 4.89 Å². The van der Waals surface area contributed by atoms with E-state index in [9.17, 15) is 19.5 Å². The first-order chi connectivity index (χ1) is 20.2. The van der Waals surface area contributed by atoms with Crippen LogP contribution in [0.25, 0.3) is 10.2 Å². The van der Waals surface area contributed by atoms with Crippen LogP contribution in [-0.2, 0) is 29.9 Å². The zero-order valence-corrected chi connectivity index (χ0v) is 24.2. The second kappa shape index (κ2) is 10.1. The Labute approximate surface area is 246 Å². The fourth-order valence-electron chi connectivity index (χ4n) is 8.00. The average molecular weight is 593 g/mol. The molecule has 8 rings (SSSR count). The minimum absolute atomic E-state index is 0.00773. The van der Waals surface area contributed by atoms with Crippen LogP contribution in [0.15, 0.2) is 42.5 Å². The molecule has 5 fully saturated rings. The van der Waals surface area contributed by atoms with E-state index in [0.29, 0.717) is 33.4 Å². The zero-order valence-electron chi connectivity index (χ0n) is 23.4. The van der Waals surface area contributed by atoms with Gasteiger partial charge in [0.2, 0.25) is 5.91 Å². The molecule has 2 heterocycles. The molecule has 0 unspecified atom stereocenters. The van der Waals surface area contributed by atoms with Crippen LogP contribution in [0.1, 0.15) is 61.3 Å². The minimum Gasteiger partial charge on any atom is -0.508 e. The van der Waals surface area contributed by atoms with Crippen molar-refractivity contribution in [1.29, 1.82) is 0 Å². The average Bonchev–Trinajstić information content (AvgIpc) is 3.35. The summed E-state index contributed by atoms with van der Waals surface area (Å²) in [5.74, 6) is -0.411. The molecule has 42 heavy (non-hydrogen) atoms. The standard InChI is InChI=1S/C31H32N2O8S/c1-17(34)33(29(37)28-32-26-7-6-24(36)16-27(26)42-28)8-9-38-31(21-4-3-5-25(15-21)39-18(2)35)30(40-41-31)22-11-19-10-20(13-22)14-23(30)12-19/h3-7,15-16,19-20,22-23,36H,8-14H2,1-2H3/t19?,20?,22?,23?,30?,31-/m1/s1. The number of benzene rings is 2. The molecule has 3 aromatic rings. The molecular formula is C31H32N2O8S. The third-order valence-electron chi connectivity index (χ3n) is 9.44. The van der Waals surface area contributed by atoms with Crippen molar-refractivity contribution in [3.63, 3.8) is 0 Å². The summed E-state index contributed by atoms with van der Waals surface area (Å²) in [4.78, 5) is 55.4. The number of nitrogens with zero attached hydrogens (tertiary/aromatic N) is 2. The molecule has 0 radical (unpaired) electrons. The van der Waals surface area contributed by atoms with Crippen LogP contribution in [0.4, 0.5) is 0 Å². The van der Waals surface area contributed by atoms with E-state index < -0.39 is 29.2 Å². The highest BCUT2D eigenvalue weighted by Crippen LogP contribution is 2.69. The normalized spacial score (nSPS) is 30.8.